The SMILES string of the molecule is CCC(=O)NCC(C)(C)NS(C)(=O)=O. The first-order valence-corrected chi connectivity index (χ1v) is 6.31. The first-order valence-electron chi connectivity index (χ1n) is 4.42. The second-order valence-electron chi connectivity index (χ2n) is 3.89. The molecule has 0 saturated carbocycles. The first-order chi connectivity index (χ1) is 6.16. The quantitative estimate of drug-likeness (QED) is 0.678. The summed E-state index contributed by atoms with van der Waals surface area (Å²) in [6.45, 7) is 5.45. The molecule has 0 bridgehead atoms. The summed E-state index contributed by atoms with van der Waals surface area (Å²) in [6, 6.07) is 0. The van der Waals surface area contributed by atoms with E-state index in [0.717, 1.165) is 6.26 Å². The van der Waals surface area contributed by atoms with Crippen LogP contribution in [0.2, 0.25) is 0 Å². The molecule has 0 atom stereocenters. The van der Waals surface area contributed by atoms with Crippen molar-refractivity contribution < 1.29 is 13.2 Å². The lowest BCUT2D eigenvalue weighted by Crippen LogP contribution is -2.50. The molecule has 0 spiro atoms. The van der Waals surface area contributed by atoms with Gasteiger partial charge in [-0.15, -0.1) is 0 Å². The van der Waals surface area contributed by atoms with Crippen LogP contribution in [0.5, 0.6) is 0 Å². The third kappa shape index (κ3) is 6.85. The molecule has 0 aliphatic heterocycles. The van der Waals surface area contributed by atoms with Gasteiger partial charge >= 0.3 is 0 Å². The van der Waals surface area contributed by atoms with Crippen molar-refractivity contribution in [3.63, 3.8) is 0 Å². The molecular weight excluding hydrogens is 204 g/mol. The second-order valence-corrected chi connectivity index (χ2v) is 5.64. The smallest absolute Gasteiger partial charge is 0.219 e. The summed E-state index contributed by atoms with van der Waals surface area (Å²) in [4.78, 5) is 10.9. The van der Waals surface area contributed by atoms with E-state index in [9.17, 15) is 13.2 Å². The lowest BCUT2D eigenvalue weighted by atomic mass is 10.1. The Morgan fingerprint density at radius 1 is 1.36 bits per heavy atom. The van der Waals surface area contributed by atoms with Crippen molar-refractivity contribution in [1.29, 1.82) is 0 Å². The zero-order valence-electron chi connectivity index (χ0n) is 9.05. The van der Waals surface area contributed by atoms with Gasteiger partial charge in [0.05, 0.1) is 6.26 Å². The summed E-state index contributed by atoms with van der Waals surface area (Å²) in [6.07, 6.45) is 1.49. The van der Waals surface area contributed by atoms with E-state index < -0.39 is 15.6 Å². The average molecular weight is 222 g/mol. The Kier molecular flexibility index (Phi) is 4.54. The highest BCUT2D eigenvalue weighted by atomic mass is 32.2. The van der Waals surface area contributed by atoms with E-state index in [1.54, 1.807) is 20.8 Å². The van der Waals surface area contributed by atoms with Crippen LogP contribution < -0.4 is 10.0 Å². The summed E-state index contributed by atoms with van der Waals surface area (Å²) in [5.74, 6) is -0.0895. The van der Waals surface area contributed by atoms with Gasteiger partial charge in [-0.05, 0) is 13.8 Å². The number of carbonyl (C=O) groups is 1. The minimum Gasteiger partial charge on any atom is -0.354 e. The standard InChI is InChI=1S/C8H18N2O3S/c1-5-7(11)9-6-8(2,3)10-14(4,12)13/h10H,5-6H2,1-4H3,(H,9,11). The third-order valence-electron chi connectivity index (χ3n) is 1.51. The van der Waals surface area contributed by atoms with Crippen LogP contribution >= 0.6 is 0 Å². The maximum absolute atomic E-state index is 10.9. The van der Waals surface area contributed by atoms with Gasteiger partial charge in [0.2, 0.25) is 15.9 Å². The van der Waals surface area contributed by atoms with Crippen LogP contribution in [-0.4, -0.2) is 32.7 Å². The molecule has 0 aromatic carbocycles. The first kappa shape index (κ1) is 13.4. The van der Waals surface area contributed by atoms with Gasteiger partial charge in [0, 0.05) is 18.5 Å². The fourth-order valence-corrected chi connectivity index (χ4v) is 2.06. The van der Waals surface area contributed by atoms with E-state index in [2.05, 4.69) is 10.0 Å². The van der Waals surface area contributed by atoms with Gasteiger partial charge in [-0.3, -0.25) is 4.79 Å². The predicted molar refractivity (Wildman–Crippen MR) is 55.4 cm³/mol. The molecular formula is C8H18N2O3S. The molecule has 6 heteroatoms. The van der Waals surface area contributed by atoms with Gasteiger partial charge in [0.1, 0.15) is 0 Å². The molecule has 14 heavy (non-hydrogen) atoms. The van der Waals surface area contributed by atoms with E-state index in [1.165, 1.54) is 0 Å². The molecule has 0 unspecified atom stereocenters. The molecule has 84 valence electrons. The Bertz CT molecular complexity index is 296. The molecule has 0 aromatic heterocycles. The highest BCUT2D eigenvalue weighted by Gasteiger charge is 2.22. The van der Waals surface area contributed by atoms with Crippen LogP contribution in [0.1, 0.15) is 27.2 Å². The molecule has 0 heterocycles. The predicted octanol–water partition coefficient (Wildman–Crippen LogP) is -0.160. The van der Waals surface area contributed by atoms with Crippen LogP contribution in [0.4, 0.5) is 0 Å². The number of sulfonamides is 1. The van der Waals surface area contributed by atoms with Gasteiger partial charge in [-0.2, -0.15) is 0 Å². The second kappa shape index (κ2) is 4.75. The van der Waals surface area contributed by atoms with Crippen molar-refractivity contribution in [2.24, 2.45) is 0 Å². The Morgan fingerprint density at radius 3 is 2.21 bits per heavy atom. The Morgan fingerprint density at radius 2 is 1.86 bits per heavy atom. The Hall–Kier alpha value is -0.620. The van der Waals surface area contributed by atoms with Crippen molar-refractivity contribution in [1.82, 2.24) is 10.0 Å². The summed E-state index contributed by atoms with van der Waals surface area (Å²) < 4.78 is 24.3. The number of hydrogen-bond donors (Lipinski definition) is 2. The maximum atomic E-state index is 10.9. The van der Waals surface area contributed by atoms with Crippen LogP contribution in [0.15, 0.2) is 0 Å². The van der Waals surface area contributed by atoms with Gasteiger partial charge in [0.15, 0.2) is 0 Å². The molecule has 5 nitrogen and oxygen atoms in total. The van der Waals surface area contributed by atoms with Gasteiger partial charge in [-0.25, -0.2) is 13.1 Å². The molecule has 0 radical (unpaired) electrons. The van der Waals surface area contributed by atoms with Crippen molar-refractivity contribution in [2.75, 3.05) is 12.8 Å². The van der Waals surface area contributed by atoms with Crippen molar-refractivity contribution >= 4 is 15.9 Å². The number of nitrogens with one attached hydrogen (secondary N) is 2. The van der Waals surface area contributed by atoms with E-state index >= 15 is 0 Å². The lowest BCUT2D eigenvalue weighted by Gasteiger charge is -2.25. The zero-order chi connectivity index (χ0) is 11.4. The minimum absolute atomic E-state index is 0.0895. The minimum atomic E-state index is -3.24. The molecule has 0 saturated heterocycles. The van der Waals surface area contributed by atoms with Crippen LogP contribution in [0.25, 0.3) is 0 Å². The normalized spacial score (nSPS) is 12.6. The monoisotopic (exact) mass is 222 g/mol. The largest absolute Gasteiger partial charge is 0.354 e. The summed E-state index contributed by atoms with van der Waals surface area (Å²) in [5, 5.41) is 2.63. The third-order valence-corrected chi connectivity index (χ3v) is 2.43. The fraction of sp³-hybridized carbons (Fsp3) is 0.875. The molecule has 2 N–H and O–H groups in total. The molecule has 0 aliphatic carbocycles. The van der Waals surface area contributed by atoms with Gasteiger partial charge in [-0.1, -0.05) is 6.92 Å². The number of carbonyl (C=O) groups excluding carboxylic acids is 1. The molecule has 0 fully saturated rings. The van der Waals surface area contributed by atoms with Crippen molar-refractivity contribution in [3.05, 3.63) is 0 Å². The fourth-order valence-electron chi connectivity index (χ4n) is 0.983. The van der Waals surface area contributed by atoms with E-state index in [4.69, 9.17) is 0 Å². The summed E-state index contributed by atoms with van der Waals surface area (Å²) in [7, 11) is -3.24. The van der Waals surface area contributed by atoms with E-state index in [-0.39, 0.29) is 12.5 Å². The molecule has 0 aliphatic rings. The molecule has 0 aromatic rings. The maximum Gasteiger partial charge on any atom is 0.219 e. The van der Waals surface area contributed by atoms with E-state index in [0.29, 0.717) is 6.42 Å². The molecule has 0 rings (SSSR count). The number of rotatable bonds is 5. The van der Waals surface area contributed by atoms with Crippen molar-refractivity contribution in [3.8, 4) is 0 Å². The highest BCUT2D eigenvalue weighted by molar-refractivity contribution is 7.88. The Labute approximate surface area is 85.3 Å². The lowest BCUT2D eigenvalue weighted by molar-refractivity contribution is -0.121. The number of hydrogen-bond acceptors (Lipinski definition) is 3. The van der Waals surface area contributed by atoms with Gasteiger partial charge < -0.3 is 5.32 Å². The average Bonchev–Trinajstić information content (AvgIpc) is 1.96. The van der Waals surface area contributed by atoms with Crippen LogP contribution in [0.3, 0.4) is 0 Å². The summed E-state index contributed by atoms with van der Waals surface area (Å²) >= 11 is 0. The number of amides is 1. The summed E-state index contributed by atoms with van der Waals surface area (Å²) in [5.41, 5.74) is -0.654. The van der Waals surface area contributed by atoms with E-state index in [1.807, 2.05) is 0 Å². The van der Waals surface area contributed by atoms with Crippen LogP contribution in [0, 0.1) is 0 Å². The van der Waals surface area contributed by atoms with Crippen LogP contribution in [-0.2, 0) is 14.8 Å². The highest BCUT2D eigenvalue weighted by Crippen LogP contribution is 2.01. The Balaban J connectivity index is 4.15. The molecule has 1 amide bonds. The van der Waals surface area contributed by atoms with Gasteiger partial charge in [0.25, 0.3) is 0 Å². The van der Waals surface area contributed by atoms with Crippen molar-refractivity contribution in [2.45, 2.75) is 32.7 Å². The zero-order valence-corrected chi connectivity index (χ0v) is 9.86. The topological polar surface area (TPSA) is 75.3 Å².